The highest BCUT2D eigenvalue weighted by Crippen LogP contribution is 2.09. The number of halogens is 1. The van der Waals surface area contributed by atoms with Crippen LogP contribution in [0.3, 0.4) is 0 Å². The number of benzene rings is 1. The standard InChI is InChI=1S/C13H17FN2OS/c1-9-5-6-10(11(14)8-9)13(17)16-7-3-2-4-12(15)18/h5-6,8H,2-4,7H2,1H3,(H2,15,18)(H,16,17). The van der Waals surface area contributed by atoms with Crippen LogP contribution in [0, 0.1) is 12.7 Å². The molecule has 0 heterocycles. The molecule has 3 nitrogen and oxygen atoms in total. The van der Waals surface area contributed by atoms with E-state index in [0.717, 1.165) is 18.4 Å². The van der Waals surface area contributed by atoms with E-state index in [2.05, 4.69) is 5.32 Å². The lowest BCUT2D eigenvalue weighted by molar-refractivity contribution is 0.0949. The largest absolute Gasteiger partial charge is 0.393 e. The molecule has 0 atom stereocenters. The van der Waals surface area contributed by atoms with E-state index in [4.69, 9.17) is 18.0 Å². The lowest BCUT2D eigenvalue weighted by Gasteiger charge is -2.06. The van der Waals surface area contributed by atoms with Gasteiger partial charge in [-0.2, -0.15) is 0 Å². The van der Waals surface area contributed by atoms with E-state index < -0.39 is 5.82 Å². The van der Waals surface area contributed by atoms with E-state index >= 15 is 0 Å². The van der Waals surface area contributed by atoms with Crippen molar-refractivity contribution < 1.29 is 9.18 Å². The van der Waals surface area contributed by atoms with Crippen LogP contribution in [0.4, 0.5) is 4.39 Å². The zero-order chi connectivity index (χ0) is 13.5. The topological polar surface area (TPSA) is 55.1 Å². The molecule has 1 amide bonds. The molecule has 3 N–H and O–H groups in total. The van der Waals surface area contributed by atoms with E-state index in [1.807, 2.05) is 0 Å². The van der Waals surface area contributed by atoms with Gasteiger partial charge in [-0.1, -0.05) is 18.3 Å². The zero-order valence-corrected chi connectivity index (χ0v) is 11.1. The summed E-state index contributed by atoms with van der Waals surface area (Å²) in [6.07, 6.45) is 2.27. The molecule has 0 unspecified atom stereocenters. The van der Waals surface area contributed by atoms with Gasteiger partial charge in [-0.25, -0.2) is 4.39 Å². The van der Waals surface area contributed by atoms with Gasteiger partial charge in [0.2, 0.25) is 0 Å². The molecule has 0 aliphatic heterocycles. The molecule has 0 saturated carbocycles. The normalized spacial score (nSPS) is 10.1. The Kier molecular flexibility index (Phi) is 5.71. The van der Waals surface area contributed by atoms with Crippen molar-refractivity contribution in [1.82, 2.24) is 5.32 Å². The summed E-state index contributed by atoms with van der Waals surface area (Å²) in [5.74, 6) is -0.876. The molecule has 0 radical (unpaired) electrons. The van der Waals surface area contributed by atoms with E-state index in [9.17, 15) is 9.18 Å². The number of rotatable bonds is 6. The van der Waals surface area contributed by atoms with Gasteiger partial charge in [0.25, 0.3) is 5.91 Å². The minimum atomic E-state index is -0.490. The fourth-order valence-corrected chi connectivity index (χ4v) is 1.67. The van der Waals surface area contributed by atoms with Crippen molar-refractivity contribution in [1.29, 1.82) is 0 Å². The van der Waals surface area contributed by atoms with E-state index in [0.29, 0.717) is 18.0 Å². The first-order chi connectivity index (χ1) is 8.50. The summed E-state index contributed by atoms with van der Waals surface area (Å²) in [4.78, 5) is 12.1. The quantitative estimate of drug-likeness (QED) is 0.615. The van der Waals surface area contributed by atoms with Crippen LogP contribution in [0.5, 0.6) is 0 Å². The Morgan fingerprint density at radius 3 is 2.78 bits per heavy atom. The van der Waals surface area contributed by atoms with Crippen LogP contribution in [0.1, 0.15) is 35.2 Å². The first-order valence-electron chi connectivity index (χ1n) is 5.83. The van der Waals surface area contributed by atoms with Crippen LogP contribution in [-0.2, 0) is 0 Å². The molecule has 1 rings (SSSR count). The number of amides is 1. The molecule has 0 aliphatic rings. The van der Waals surface area contributed by atoms with Crippen LogP contribution in [0.25, 0.3) is 0 Å². The summed E-state index contributed by atoms with van der Waals surface area (Å²) in [6, 6.07) is 4.56. The fourth-order valence-electron chi connectivity index (χ4n) is 1.53. The number of aryl methyl sites for hydroxylation is 1. The fraction of sp³-hybridized carbons (Fsp3) is 0.385. The van der Waals surface area contributed by atoms with Gasteiger partial charge in [0.05, 0.1) is 10.6 Å². The second kappa shape index (κ2) is 7.06. The van der Waals surface area contributed by atoms with Crippen LogP contribution in [0.2, 0.25) is 0 Å². The maximum Gasteiger partial charge on any atom is 0.254 e. The van der Waals surface area contributed by atoms with Gasteiger partial charge in [0.15, 0.2) is 0 Å². The Morgan fingerprint density at radius 1 is 1.44 bits per heavy atom. The van der Waals surface area contributed by atoms with E-state index in [-0.39, 0.29) is 11.5 Å². The van der Waals surface area contributed by atoms with E-state index in [1.54, 1.807) is 13.0 Å². The van der Waals surface area contributed by atoms with Crippen molar-refractivity contribution in [2.24, 2.45) is 5.73 Å². The number of carbonyl (C=O) groups is 1. The maximum atomic E-state index is 13.5. The van der Waals surface area contributed by atoms with Crippen molar-refractivity contribution in [2.45, 2.75) is 26.2 Å². The number of thiocarbonyl (C=S) groups is 1. The first-order valence-corrected chi connectivity index (χ1v) is 6.24. The molecule has 0 fully saturated rings. The summed E-state index contributed by atoms with van der Waals surface area (Å²) in [7, 11) is 0. The van der Waals surface area contributed by atoms with Gasteiger partial charge in [-0.3, -0.25) is 4.79 Å². The molecule has 0 aliphatic carbocycles. The average Bonchev–Trinajstić information content (AvgIpc) is 2.27. The zero-order valence-electron chi connectivity index (χ0n) is 10.3. The molecule has 0 spiro atoms. The third-order valence-corrected chi connectivity index (χ3v) is 2.71. The SMILES string of the molecule is Cc1ccc(C(=O)NCCCCC(N)=S)c(F)c1. The van der Waals surface area contributed by atoms with Gasteiger partial charge >= 0.3 is 0 Å². The number of nitrogens with one attached hydrogen (secondary N) is 1. The molecule has 0 aromatic heterocycles. The Morgan fingerprint density at radius 2 is 2.17 bits per heavy atom. The maximum absolute atomic E-state index is 13.5. The molecule has 18 heavy (non-hydrogen) atoms. The smallest absolute Gasteiger partial charge is 0.254 e. The molecular formula is C13H17FN2OS. The number of hydrogen-bond donors (Lipinski definition) is 2. The lowest BCUT2D eigenvalue weighted by atomic mass is 10.1. The third kappa shape index (κ3) is 4.79. The third-order valence-electron chi connectivity index (χ3n) is 2.50. The molecular weight excluding hydrogens is 251 g/mol. The number of unbranched alkanes of at least 4 members (excludes halogenated alkanes) is 1. The second-order valence-corrected chi connectivity index (χ2v) is 4.69. The van der Waals surface area contributed by atoms with Gasteiger partial charge in [-0.15, -0.1) is 0 Å². The lowest BCUT2D eigenvalue weighted by Crippen LogP contribution is -2.25. The molecule has 1 aromatic carbocycles. The highest BCUT2D eigenvalue weighted by molar-refractivity contribution is 7.80. The number of carbonyl (C=O) groups excluding carboxylic acids is 1. The Hall–Kier alpha value is -1.49. The minimum Gasteiger partial charge on any atom is -0.393 e. The minimum absolute atomic E-state index is 0.0787. The first kappa shape index (κ1) is 14.6. The Labute approximate surface area is 112 Å². The number of hydrogen-bond acceptors (Lipinski definition) is 2. The number of nitrogens with two attached hydrogens (primary N) is 1. The van der Waals surface area contributed by atoms with Crippen molar-refractivity contribution in [2.75, 3.05) is 6.54 Å². The van der Waals surface area contributed by atoms with Gasteiger partial charge in [0.1, 0.15) is 5.82 Å². The summed E-state index contributed by atoms with van der Waals surface area (Å²) in [5.41, 5.74) is 6.22. The molecule has 0 bridgehead atoms. The highest BCUT2D eigenvalue weighted by atomic mass is 32.1. The van der Waals surface area contributed by atoms with E-state index in [1.165, 1.54) is 12.1 Å². The Balaban J connectivity index is 2.39. The predicted molar refractivity (Wildman–Crippen MR) is 74.1 cm³/mol. The van der Waals surface area contributed by atoms with Crippen LogP contribution in [-0.4, -0.2) is 17.4 Å². The van der Waals surface area contributed by atoms with Gasteiger partial charge < -0.3 is 11.1 Å². The van der Waals surface area contributed by atoms with Crippen LogP contribution < -0.4 is 11.1 Å². The van der Waals surface area contributed by atoms with Crippen molar-refractivity contribution in [3.8, 4) is 0 Å². The van der Waals surface area contributed by atoms with Crippen molar-refractivity contribution in [3.63, 3.8) is 0 Å². The van der Waals surface area contributed by atoms with Crippen molar-refractivity contribution in [3.05, 3.63) is 35.1 Å². The molecule has 98 valence electrons. The molecule has 0 saturated heterocycles. The average molecular weight is 268 g/mol. The van der Waals surface area contributed by atoms with Crippen molar-refractivity contribution >= 4 is 23.1 Å². The Bertz CT molecular complexity index is 449. The summed E-state index contributed by atoms with van der Waals surface area (Å²) < 4.78 is 13.5. The van der Waals surface area contributed by atoms with Crippen LogP contribution >= 0.6 is 12.2 Å². The summed E-state index contributed by atoms with van der Waals surface area (Å²) in [5, 5.41) is 2.67. The highest BCUT2D eigenvalue weighted by Gasteiger charge is 2.10. The van der Waals surface area contributed by atoms with Gasteiger partial charge in [-0.05, 0) is 43.9 Å². The molecule has 5 heteroatoms. The molecule has 1 aromatic rings. The van der Waals surface area contributed by atoms with Gasteiger partial charge in [0, 0.05) is 6.54 Å². The summed E-state index contributed by atoms with van der Waals surface area (Å²) in [6.45, 7) is 2.27. The monoisotopic (exact) mass is 268 g/mol. The predicted octanol–water partition coefficient (Wildman–Crippen LogP) is 2.32. The second-order valence-electron chi connectivity index (χ2n) is 4.16. The van der Waals surface area contributed by atoms with Crippen LogP contribution in [0.15, 0.2) is 18.2 Å². The summed E-state index contributed by atoms with van der Waals surface area (Å²) >= 11 is 4.74.